The lowest BCUT2D eigenvalue weighted by Crippen LogP contribution is -2.38. The lowest BCUT2D eigenvalue weighted by molar-refractivity contribution is -0.120. The molecule has 2 aliphatic heterocycles. The molecule has 0 bridgehead atoms. The fourth-order valence-electron chi connectivity index (χ4n) is 3.32. The van der Waals surface area contributed by atoms with Gasteiger partial charge in [0.05, 0.1) is 36.4 Å². The predicted molar refractivity (Wildman–Crippen MR) is 120 cm³/mol. The van der Waals surface area contributed by atoms with E-state index in [1.165, 1.54) is 11.8 Å². The van der Waals surface area contributed by atoms with Crippen LogP contribution in [-0.2, 0) is 14.6 Å². The smallest absolute Gasteiger partial charge is 0.250 e. The van der Waals surface area contributed by atoms with E-state index >= 15 is 0 Å². The first-order valence-electron chi connectivity index (χ1n) is 9.54. The van der Waals surface area contributed by atoms with Gasteiger partial charge in [-0.15, -0.1) is 0 Å². The van der Waals surface area contributed by atoms with Crippen molar-refractivity contribution in [2.75, 3.05) is 29.6 Å². The van der Waals surface area contributed by atoms with Gasteiger partial charge in [0.1, 0.15) is 0 Å². The molecular weight excluding hydrogens is 480 g/mol. The molecule has 2 aliphatic rings. The fourth-order valence-corrected chi connectivity index (χ4v) is 7.74. The van der Waals surface area contributed by atoms with Crippen LogP contribution >= 0.6 is 27.7 Å². The van der Waals surface area contributed by atoms with Gasteiger partial charge in [0.2, 0.25) is 0 Å². The summed E-state index contributed by atoms with van der Waals surface area (Å²) in [6, 6.07) is 3.35. The second-order valence-electron chi connectivity index (χ2n) is 7.17. The van der Waals surface area contributed by atoms with Gasteiger partial charge in [0, 0.05) is 27.8 Å². The van der Waals surface area contributed by atoms with E-state index in [4.69, 9.17) is 9.47 Å². The first-order valence-corrected chi connectivity index (χ1v) is 13.0. The number of nitrogens with zero attached hydrogens (tertiary/aromatic N) is 2. The van der Waals surface area contributed by atoms with Crippen molar-refractivity contribution in [3.63, 3.8) is 0 Å². The molecule has 2 saturated heterocycles. The van der Waals surface area contributed by atoms with E-state index < -0.39 is 9.84 Å². The van der Waals surface area contributed by atoms with Crippen LogP contribution in [0.1, 0.15) is 27.7 Å². The SMILES string of the molecule is CCOc1cc(Br)c(N2C(=NC(=O)C(C)C)S[C@H]3CS(=O)(=O)C[C@@H]32)cc1OCC. The third-order valence-electron chi connectivity index (χ3n) is 4.64. The Morgan fingerprint density at radius 3 is 2.45 bits per heavy atom. The van der Waals surface area contributed by atoms with Crippen LogP contribution in [-0.4, -0.2) is 55.5 Å². The Balaban J connectivity index is 2.10. The summed E-state index contributed by atoms with van der Waals surface area (Å²) in [5, 5.41) is 0.369. The van der Waals surface area contributed by atoms with Gasteiger partial charge >= 0.3 is 0 Å². The Labute approximate surface area is 184 Å². The fraction of sp³-hybridized carbons (Fsp3) is 0.579. The van der Waals surface area contributed by atoms with Crippen LogP contribution in [0, 0.1) is 5.92 Å². The summed E-state index contributed by atoms with van der Waals surface area (Å²) in [5.41, 5.74) is 0.712. The first kappa shape index (κ1) is 22.4. The molecule has 0 saturated carbocycles. The van der Waals surface area contributed by atoms with Crippen molar-refractivity contribution in [3.05, 3.63) is 16.6 Å². The number of carbonyl (C=O) groups is 1. The minimum Gasteiger partial charge on any atom is -0.490 e. The van der Waals surface area contributed by atoms with Gasteiger partial charge < -0.3 is 14.4 Å². The topological polar surface area (TPSA) is 85.3 Å². The van der Waals surface area contributed by atoms with E-state index in [-0.39, 0.29) is 34.6 Å². The number of anilines is 1. The van der Waals surface area contributed by atoms with Crippen molar-refractivity contribution >= 4 is 54.3 Å². The summed E-state index contributed by atoms with van der Waals surface area (Å²) >= 11 is 4.94. The zero-order chi connectivity index (χ0) is 21.3. The van der Waals surface area contributed by atoms with Gasteiger partial charge in [0.25, 0.3) is 5.91 Å². The van der Waals surface area contributed by atoms with Crippen LogP contribution < -0.4 is 14.4 Å². The number of ether oxygens (including phenoxy) is 2. The molecule has 2 atom stereocenters. The Hall–Kier alpha value is -1.26. The average Bonchev–Trinajstić information content (AvgIpc) is 3.08. The number of benzene rings is 1. The number of hydrogen-bond acceptors (Lipinski definition) is 6. The van der Waals surface area contributed by atoms with Crippen LogP contribution in [0.15, 0.2) is 21.6 Å². The molecule has 0 aromatic heterocycles. The normalized spacial score (nSPS) is 24.2. The molecule has 3 rings (SSSR count). The number of sulfone groups is 1. The average molecular weight is 505 g/mol. The summed E-state index contributed by atoms with van der Waals surface area (Å²) in [5.74, 6) is 0.814. The van der Waals surface area contributed by atoms with E-state index in [0.29, 0.717) is 35.6 Å². The first-order chi connectivity index (χ1) is 13.7. The maximum Gasteiger partial charge on any atom is 0.250 e. The number of carbonyl (C=O) groups excluding carboxylic acids is 1. The quantitative estimate of drug-likeness (QED) is 0.585. The molecule has 29 heavy (non-hydrogen) atoms. The van der Waals surface area contributed by atoms with Crippen molar-refractivity contribution in [2.24, 2.45) is 10.9 Å². The number of rotatable bonds is 6. The molecule has 0 spiro atoms. The van der Waals surface area contributed by atoms with E-state index in [0.717, 1.165) is 4.47 Å². The third kappa shape index (κ3) is 4.74. The number of aliphatic imine (C=N–C) groups is 1. The van der Waals surface area contributed by atoms with Gasteiger partial charge in [-0.1, -0.05) is 25.6 Å². The molecule has 2 heterocycles. The summed E-state index contributed by atoms with van der Waals surface area (Å²) in [7, 11) is -3.14. The van der Waals surface area contributed by atoms with Gasteiger partial charge in [0.15, 0.2) is 26.5 Å². The van der Waals surface area contributed by atoms with Gasteiger partial charge in [-0.2, -0.15) is 4.99 Å². The van der Waals surface area contributed by atoms with Crippen LogP contribution in [0.25, 0.3) is 0 Å². The van der Waals surface area contributed by atoms with Crippen molar-refractivity contribution < 1.29 is 22.7 Å². The highest BCUT2D eigenvalue weighted by Gasteiger charge is 2.50. The molecule has 1 aromatic carbocycles. The van der Waals surface area contributed by atoms with Crippen LogP contribution in [0.4, 0.5) is 5.69 Å². The number of fused-ring (bicyclic) bond motifs is 1. The molecule has 7 nitrogen and oxygen atoms in total. The molecule has 0 radical (unpaired) electrons. The van der Waals surface area contributed by atoms with Gasteiger partial charge in [-0.05, 0) is 29.8 Å². The van der Waals surface area contributed by atoms with Crippen molar-refractivity contribution in [2.45, 2.75) is 39.0 Å². The Morgan fingerprint density at radius 1 is 1.24 bits per heavy atom. The largest absolute Gasteiger partial charge is 0.490 e. The number of hydrogen-bond donors (Lipinski definition) is 0. The number of amidine groups is 1. The minimum absolute atomic E-state index is 0.0309. The van der Waals surface area contributed by atoms with E-state index in [2.05, 4.69) is 20.9 Å². The Bertz CT molecular complexity index is 933. The van der Waals surface area contributed by atoms with Crippen molar-refractivity contribution in [3.8, 4) is 11.5 Å². The highest BCUT2D eigenvalue weighted by atomic mass is 79.9. The van der Waals surface area contributed by atoms with E-state index in [9.17, 15) is 13.2 Å². The second kappa shape index (κ2) is 8.85. The van der Waals surface area contributed by atoms with Gasteiger partial charge in [-0.3, -0.25) is 4.79 Å². The number of thioether (sulfide) groups is 1. The summed E-state index contributed by atoms with van der Waals surface area (Å²) < 4.78 is 36.6. The Kier molecular flexibility index (Phi) is 6.84. The molecule has 1 aromatic rings. The van der Waals surface area contributed by atoms with E-state index in [1.807, 2.05) is 30.9 Å². The molecule has 0 unspecified atom stereocenters. The maximum atomic E-state index is 12.3. The van der Waals surface area contributed by atoms with Crippen molar-refractivity contribution in [1.82, 2.24) is 0 Å². The lowest BCUT2D eigenvalue weighted by Gasteiger charge is -2.27. The molecule has 2 fully saturated rings. The molecule has 1 amide bonds. The van der Waals surface area contributed by atoms with Gasteiger partial charge in [-0.25, -0.2) is 8.42 Å². The van der Waals surface area contributed by atoms with Crippen molar-refractivity contribution in [1.29, 1.82) is 0 Å². The lowest BCUT2D eigenvalue weighted by atomic mass is 10.2. The zero-order valence-corrected chi connectivity index (χ0v) is 20.1. The van der Waals surface area contributed by atoms with Crippen LogP contribution in [0.5, 0.6) is 11.5 Å². The summed E-state index contributed by atoms with van der Waals surface area (Å²) in [6.07, 6.45) is 0. The second-order valence-corrected chi connectivity index (χ2v) is 11.4. The highest BCUT2D eigenvalue weighted by molar-refractivity contribution is 9.10. The summed E-state index contributed by atoms with van der Waals surface area (Å²) in [4.78, 5) is 18.5. The standard InChI is InChI=1S/C19H25BrN2O5S2/c1-5-26-15-7-12(20)13(8-16(15)27-6-2)22-14-9-29(24,25)10-17(14)28-19(22)21-18(23)11(3)4/h7-8,11,14,17H,5-6,9-10H2,1-4H3/t14-,17-/m0/s1. The zero-order valence-electron chi connectivity index (χ0n) is 16.8. The van der Waals surface area contributed by atoms with Crippen LogP contribution in [0.3, 0.4) is 0 Å². The minimum atomic E-state index is -3.14. The predicted octanol–water partition coefficient (Wildman–Crippen LogP) is 3.50. The molecule has 0 aliphatic carbocycles. The highest BCUT2D eigenvalue weighted by Crippen LogP contribution is 2.46. The third-order valence-corrected chi connectivity index (χ3v) is 8.48. The number of halogens is 1. The van der Waals surface area contributed by atoms with Crippen LogP contribution in [0.2, 0.25) is 0 Å². The number of amides is 1. The molecule has 160 valence electrons. The molecular formula is C19H25BrN2O5S2. The Morgan fingerprint density at radius 2 is 1.86 bits per heavy atom. The molecule has 0 N–H and O–H groups in total. The van der Waals surface area contributed by atoms with E-state index in [1.54, 1.807) is 13.8 Å². The maximum absolute atomic E-state index is 12.3. The summed E-state index contributed by atoms with van der Waals surface area (Å²) in [6.45, 7) is 8.32. The monoisotopic (exact) mass is 504 g/mol. The molecule has 10 heteroatoms.